The predicted molar refractivity (Wildman–Crippen MR) is 65.2 cm³/mol. The molecule has 2 aromatic rings. The number of anilines is 1. The number of nitrogen functional groups attached to an aromatic ring is 1. The van der Waals surface area contributed by atoms with E-state index in [1.54, 1.807) is 4.68 Å². The quantitative estimate of drug-likeness (QED) is 0.799. The minimum atomic E-state index is -0.182. The van der Waals surface area contributed by atoms with Crippen LogP contribution < -0.4 is 11.3 Å². The molecule has 0 bridgehead atoms. The first kappa shape index (κ1) is 11.4. The van der Waals surface area contributed by atoms with Crippen molar-refractivity contribution in [3.05, 3.63) is 33.6 Å². The number of nitrogens with zero attached hydrogens (tertiary/aromatic N) is 3. The molecule has 0 saturated carbocycles. The molecule has 0 aliphatic carbocycles. The largest absolute Gasteiger partial charge is 0.396 e. The third-order valence-corrected chi connectivity index (χ3v) is 2.68. The minimum Gasteiger partial charge on any atom is -0.396 e. The third-order valence-electron chi connectivity index (χ3n) is 2.68. The first-order chi connectivity index (χ1) is 8.02. The topological polar surface area (TPSA) is 89.6 Å². The summed E-state index contributed by atoms with van der Waals surface area (Å²) in [4.78, 5) is 18.5. The van der Waals surface area contributed by atoms with Gasteiger partial charge in [-0.25, -0.2) is 9.67 Å². The average molecular weight is 233 g/mol. The Morgan fingerprint density at radius 1 is 1.47 bits per heavy atom. The van der Waals surface area contributed by atoms with Crippen LogP contribution in [0, 0.1) is 13.8 Å². The van der Waals surface area contributed by atoms with Crippen LogP contribution in [0.25, 0.3) is 5.82 Å². The average Bonchev–Trinajstić information content (AvgIpc) is 2.56. The van der Waals surface area contributed by atoms with Crippen molar-refractivity contribution in [1.29, 1.82) is 0 Å². The zero-order valence-electron chi connectivity index (χ0n) is 10.1. The molecule has 0 atom stereocenters. The summed E-state index contributed by atoms with van der Waals surface area (Å²) >= 11 is 0. The molecule has 6 heteroatoms. The minimum absolute atomic E-state index is 0.182. The van der Waals surface area contributed by atoms with Gasteiger partial charge in [-0.2, -0.15) is 5.10 Å². The fraction of sp³-hybridized carbons (Fsp3) is 0.364. The van der Waals surface area contributed by atoms with Gasteiger partial charge in [-0.05, 0) is 13.8 Å². The van der Waals surface area contributed by atoms with Gasteiger partial charge in [-0.3, -0.25) is 4.79 Å². The number of nitrogens with two attached hydrogens (primary N) is 1. The number of rotatable bonds is 2. The molecule has 2 rings (SSSR count). The van der Waals surface area contributed by atoms with E-state index in [0.717, 1.165) is 11.4 Å². The molecule has 0 spiro atoms. The van der Waals surface area contributed by atoms with Crippen molar-refractivity contribution in [2.45, 2.75) is 27.2 Å². The van der Waals surface area contributed by atoms with Gasteiger partial charge in [0, 0.05) is 12.5 Å². The Hall–Kier alpha value is -2.11. The molecule has 0 amide bonds. The molecule has 17 heavy (non-hydrogen) atoms. The van der Waals surface area contributed by atoms with Crippen LogP contribution in [0.15, 0.2) is 10.9 Å². The fourth-order valence-corrected chi connectivity index (χ4v) is 1.65. The van der Waals surface area contributed by atoms with E-state index in [2.05, 4.69) is 15.1 Å². The molecule has 0 unspecified atom stereocenters. The van der Waals surface area contributed by atoms with Gasteiger partial charge >= 0.3 is 0 Å². The molecule has 0 aliphatic rings. The van der Waals surface area contributed by atoms with Crippen LogP contribution in [0.3, 0.4) is 0 Å². The van der Waals surface area contributed by atoms with Gasteiger partial charge in [-0.1, -0.05) is 6.92 Å². The van der Waals surface area contributed by atoms with Gasteiger partial charge in [0.05, 0.1) is 17.1 Å². The Kier molecular flexibility index (Phi) is 2.71. The smallest absolute Gasteiger partial charge is 0.253 e. The Morgan fingerprint density at radius 3 is 2.71 bits per heavy atom. The molecular weight excluding hydrogens is 218 g/mol. The number of aromatic nitrogens is 4. The molecule has 0 radical (unpaired) electrons. The summed E-state index contributed by atoms with van der Waals surface area (Å²) in [6.45, 7) is 5.61. The normalized spacial score (nSPS) is 10.8. The highest BCUT2D eigenvalue weighted by Gasteiger charge is 2.11. The highest BCUT2D eigenvalue weighted by atomic mass is 16.1. The second kappa shape index (κ2) is 4.04. The van der Waals surface area contributed by atoms with E-state index >= 15 is 0 Å². The summed E-state index contributed by atoms with van der Waals surface area (Å²) in [7, 11) is 0. The van der Waals surface area contributed by atoms with Gasteiger partial charge in [0.15, 0.2) is 5.82 Å². The molecule has 2 heterocycles. The molecule has 0 fully saturated rings. The lowest BCUT2D eigenvalue weighted by atomic mass is 10.3. The van der Waals surface area contributed by atoms with Crippen molar-refractivity contribution in [3.63, 3.8) is 0 Å². The second-order valence-corrected chi connectivity index (χ2v) is 3.90. The van der Waals surface area contributed by atoms with Gasteiger partial charge in [0.1, 0.15) is 5.82 Å². The Bertz CT molecular complexity index is 611. The standard InChI is InChI=1S/C11H15N5O/c1-4-8-13-9(5-10(17)14-8)16-7(3)11(12)6(2)15-16/h5H,4,12H2,1-3H3,(H,13,14,17). The van der Waals surface area contributed by atoms with Crippen LogP contribution in [0.5, 0.6) is 0 Å². The summed E-state index contributed by atoms with van der Waals surface area (Å²) in [5.74, 6) is 1.14. The van der Waals surface area contributed by atoms with Crippen LogP contribution in [0.1, 0.15) is 24.1 Å². The molecule has 2 aromatic heterocycles. The molecule has 6 nitrogen and oxygen atoms in total. The van der Waals surface area contributed by atoms with Crippen molar-refractivity contribution >= 4 is 5.69 Å². The summed E-state index contributed by atoms with van der Waals surface area (Å²) in [6.07, 6.45) is 0.665. The first-order valence-electron chi connectivity index (χ1n) is 5.45. The van der Waals surface area contributed by atoms with Gasteiger partial charge < -0.3 is 10.7 Å². The number of aryl methyl sites for hydroxylation is 2. The summed E-state index contributed by atoms with van der Waals surface area (Å²) in [5.41, 5.74) is 7.83. The summed E-state index contributed by atoms with van der Waals surface area (Å²) in [5, 5.41) is 4.27. The maximum absolute atomic E-state index is 11.5. The van der Waals surface area contributed by atoms with Crippen LogP contribution >= 0.6 is 0 Å². The van der Waals surface area contributed by atoms with Crippen molar-refractivity contribution in [2.24, 2.45) is 0 Å². The SMILES string of the molecule is CCc1nc(-n2nc(C)c(N)c2C)cc(=O)[nH]1. The maximum Gasteiger partial charge on any atom is 0.253 e. The molecule has 90 valence electrons. The highest BCUT2D eigenvalue weighted by Crippen LogP contribution is 2.17. The Labute approximate surface area is 98.5 Å². The maximum atomic E-state index is 11.5. The first-order valence-corrected chi connectivity index (χ1v) is 5.45. The van der Waals surface area contributed by atoms with E-state index in [4.69, 9.17) is 5.73 Å². The number of aromatic amines is 1. The number of H-pyrrole nitrogens is 1. The highest BCUT2D eigenvalue weighted by molar-refractivity contribution is 5.49. The van der Waals surface area contributed by atoms with Crippen LogP contribution in [0.2, 0.25) is 0 Å². The van der Waals surface area contributed by atoms with E-state index in [-0.39, 0.29) is 5.56 Å². The van der Waals surface area contributed by atoms with Gasteiger partial charge in [-0.15, -0.1) is 0 Å². The Balaban J connectivity index is 2.64. The van der Waals surface area contributed by atoms with Crippen LogP contribution in [-0.2, 0) is 6.42 Å². The molecule has 3 N–H and O–H groups in total. The lowest BCUT2D eigenvalue weighted by Gasteiger charge is -2.04. The molecule has 0 aromatic carbocycles. The lowest BCUT2D eigenvalue weighted by Crippen LogP contribution is -2.14. The second-order valence-electron chi connectivity index (χ2n) is 3.90. The fourth-order valence-electron chi connectivity index (χ4n) is 1.65. The zero-order valence-corrected chi connectivity index (χ0v) is 10.1. The number of hydrogen-bond acceptors (Lipinski definition) is 4. The van der Waals surface area contributed by atoms with E-state index in [9.17, 15) is 4.79 Å². The number of nitrogens with one attached hydrogen (secondary N) is 1. The van der Waals surface area contributed by atoms with E-state index in [0.29, 0.717) is 23.8 Å². The monoisotopic (exact) mass is 233 g/mol. The van der Waals surface area contributed by atoms with Gasteiger partial charge in [0.25, 0.3) is 5.56 Å². The van der Waals surface area contributed by atoms with Crippen molar-refractivity contribution in [2.75, 3.05) is 5.73 Å². The van der Waals surface area contributed by atoms with Gasteiger partial charge in [0.2, 0.25) is 0 Å². The van der Waals surface area contributed by atoms with Crippen molar-refractivity contribution < 1.29 is 0 Å². The summed E-state index contributed by atoms with van der Waals surface area (Å²) < 4.78 is 1.60. The van der Waals surface area contributed by atoms with E-state index in [1.807, 2.05) is 20.8 Å². The van der Waals surface area contributed by atoms with Crippen molar-refractivity contribution in [3.8, 4) is 5.82 Å². The number of hydrogen-bond donors (Lipinski definition) is 2. The van der Waals surface area contributed by atoms with E-state index in [1.165, 1.54) is 6.07 Å². The van der Waals surface area contributed by atoms with Crippen LogP contribution in [-0.4, -0.2) is 19.7 Å². The Morgan fingerprint density at radius 2 is 2.18 bits per heavy atom. The third kappa shape index (κ3) is 1.93. The van der Waals surface area contributed by atoms with Crippen LogP contribution in [0.4, 0.5) is 5.69 Å². The predicted octanol–water partition coefficient (Wildman–Crippen LogP) is 0.717. The molecular formula is C11H15N5O. The zero-order chi connectivity index (χ0) is 12.6. The van der Waals surface area contributed by atoms with Crippen molar-refractivity contribution in [1.82, 2.24) is 19.7 Å². The lowest BCUT2D eigenvalue weighted by molar-refractivity contribution is 0.778. The van der Waals surface area contributed by atoms with E-state index < -0.39 is 0 Å². The molecule has 0 saturated heterocycles. The molecule has 0 aliphatic heterocycles. The summed E-state index contributed by atoms with van der Waals surface area (Å²) in [6, 6.07) is 1.41.